The van der Waals surface area contributed by atoms with Gasteiger partial charge in [0.1, 0.15) is 12.4 Å². The highest BCUT2D eigenvalue weighted by molar-refractivity contribution is 7.12. The summed E-state index contributed by atoms with van der Waals surface area (Å²) in [5, 5.41) is 13.0. The normalized spacial score (nSPS) is 14.6. The van der Waals surface area contributed by atoms with Crippen molar-refractivity contribution in [3.63, 3.8) is 0 Å². The Morgan fingerprint density at radius 1 is 1.14 bits per heavy atom. The average Bonchev–Trinajstić information content (AvgIpc) is 3.38. The van der Waals surface area contributed by atoms with Gasteiger partial charge in [-0.3, -0.25) is 10.1 Å². The Morgan fingerprint density at radius 2 is 1.97 bits per heavy atom. The minimum absolute atomic E-state index is 0.0541. The number of carbonyl (C=O) groups excluding carboxylic acids is 1. The first-order valence-electron chi connectivity index (χ1n) is 8.62. The van der Waals surface area contributed by atoms with Crippen LogP contribution in [0.1, 0.15) is 16.0 Å². The first kappa shape index (κ1) is 18.6. The van der Waals surface area contributed by atoms with Crippen molar-refractivity contribution in [1.82, 2.24) is 0 Å². The van der Waals surface area contributed by atoms with Crippen molar-refractivity contribution in [3.05, 3.63) is 97.9 Å². The Kier molecular flexibility index (Phi) is 5.17. The maximum atomic E-state index is 12.2. The number of aliphatic imine (C=N–C) groups is 1. The van der Waals surface area contributed by atoms with E-state index in [9.17, 15) is 14.9 Å². The van der Waals surface area contributed by atoms with Crippen molar-refractivity contribution >= 4 is 35.0 Å². The Balaban J connectivity index is 1.67. The number of cyclic esters (lactones) is 1. The molecule has 0 spiro atoms. The second kappa shape index (κ2) is 8.07. The Hall–Kier alpha value is -3.78. The lowest BCUT2D eigenvalue weighted by Crippen LogP contribution is -2.03. The molecule has 0 bridgehead atoms. The van der Waals surface area contributed by atoms with Gasteiger partial charge in [0.25, 0.3) is 5.69 Å². The van der Waals surface area contributed by atoms with Crippen molar-refractivity contribution in [2.75, 3.05) is 0 Å². The van der Waals surface area contributed by atoms with E-state index in [2.05, 4.69) is 4.99 Å². The lowest BCUT2D eigenvalue weighted by molar-refractivity contribution is -0.384. The fourth-order valence-electron chi connectivity index (χ4n) is 2.69. The molecule has 0 saturated heterocycles. The largest absolute Gasteiger partial charge is 0.488 e. The van der Waals surface area contributed by atoms with Crippen LogP contribution in [0, 0.1) is 10.1 Å². The third-order valence-corrected chi connectivity index (χ3v) is 4.94. The van der Waals surface area contributed by atoms with E-state index < -0.39 is 10.9 Å². The summed E-state index contributed by atoms with van der Waals surface area (Å²) in [6.07, 6.45) is 1.44. The molecule has 0 unspecified atom stereocenters. The standard InChI is InChI=1S/C21H14N2O5S/c24-21-17(22-20(28-21)19-7-4-10-29-19)12-15-11-16(23(25)26)8-9-18(15)27-13-14-5-2-1-3-6-14/h1-12H,13H2/b17-12+. The van der Waals surface area contributed by atoms with Gasteiger partial charge in [-0.1, -0.05) is 36.4 Å². The molecule has 1 aliphatic rings. The van der Waals surface area contributed by atoms with E-state index >= 15 is 0 Å². The zero-order valence-electron chi connectivity index (χ0n) is 15.0. The second-order valence-corrected chi connectivity index (χ2v) is 7.01. The molecule has 0 N–H and O–H groups in total. The predicted octanol–water partition coefficient (Wildman–Crippen LogP) is 4.58. The predicted molar refractivity (Wildman–Crippen MR) is 109 cm³/mol. The maximum absolute atomic E-state index is 12.2. The quantitative estimate of drug-likeness (QED) is 0.259. The number of nitro groups is 1. The SMILES string of the molecule is O=C1OC(c2cccs2)=N/C1=C/c1cc([N+](=O)[O-])ccc1OCc1ccccc1. The van der Waals surface area contributed by atoms with E-state index in [0.717, 1.165) is 10.4 Å². The van der Waals surface area contributed by atoms with Gasteiger partial charge < -0.3 is 9.47 Å². The molecule has 29 heavy (non-hydrogen) atoms. The van der Waals surface area contributed by atoms with Crippen LogP contribution in [0.3, 0.4) is 0 Å². The zero-order chi connectivity index (χ0) is 20.2. The maximum Gasteiger partial charge on any atom is 0.363 e. The highest BCUT2D eigenvalue weighted by atomic mass is 32.1. The van der Waals surface area contributed by atoms with Gasteiger partial charge in [-0.15, -0.1) is 11.3 Å². The van der Waals surface area contributed by atoms with Crippen LogP contribution < -0.4 is 4.74 Å². The van der Waals surface area contributed by atoms with E-state index in [1.54, 1.807) is 6.07 Å². The lowest BCUT2D eigenvalue weighted by Gasteiger charge is -2.09. The minimum Gasteiger partial charge on any atom is -0.488 e. The van der Waals surface area contributed by atoms with Gasteiger partial charge in [0.15, 0.2) is 5.70 Å². The molecule has 0 atom stereocenters. The van der Waals surface area contributed by atoms with Crippen molar-refractivity contribution in [3.8, 4) is 5.75 Å². The van der Waals surface area contributed by atoms with Crippen LogP contribution in [-0.4, -0.2) is 16.8 Å². The van der Waals surface area contributed by atoms with Crippen molar-refractivity contribution < 1.29 is 19.2 Å². The van der Waals surface area contributed by atoms with E-state index in [1.165, 1.54) is 35.6 Å². The van der Waals surface area contributed by atoms with E-state index in [0.29, 0.717) is 11.3 Å². The molecule has 8 heteroatoms. The van der Waals surface area contributed by atoms with Crippen LogP contribution in [0.25, 0.3) is 6.08 Å². The Morgan fingerprint density at radius 3 is 2.69 bits per heavy atom. The summed E-state index contributed by atoms with van der Waals surface area (Å²) >= 11 is 1.40. The number of non-ortho nitro benzene ring substituents is 1. The first-order valence-corrected chi connectivity index (χ1v) is 9.50. The smallest absolute Gasteiger partial charge is 0.363 e. The van der Waals surface area contributed by atoms with Gasteiger partial charge >= 0.3 is 5.97 Å². The summed E-state index contributed by atoms with van der Waals surface area (Å²) in [6, 6.07) is 17.4. The zero-order valence-corrected chi connectivity index (χ0v) is 15.8. The van der Waals surface area contributed by atoms with Crippen LogP contribution in [0.15, 0.2) is 76.7 Å². The molecule has 0 saturated carbocycles. The van der Waals surface area contributed by atoms with Gasteiger partial charge in [0.2, 0.25) is 5.90 Å². The highest BCUT2D eigenvalue weighted by Crippen LogP contribution is 2.29. The van der Waals surface area contributed by atoms with E-state index in [-0.39, 0.29) is 23.9 Å². The fourth-order valence-corrected chi connectivity index (χ4v) is 3.34. The molecule has 0 aliphatic carbocycles. The molecule has 0 radical (unpaired) electrons. The van der Waals surface area contributed by atoms with E-state index in [1.807, 2.05) is 41.8 Å². The second-order valence-electron chi connectivity index (χ2n) is 6.07. The molecule has 3 aromatic rings. The summed E-state index contributed by atoms with van der Waals surface area (Å²) in [6.45, 7) is 0.281. The minimum atomic E-state index is -0.617. The fraction of sp³-hybridized carbons (Fsp3) is 0.0476. The molecule has 1 aliphatic heterocycles. The average molecular weight is 406 g/mol. The molecule has 0 amide bonds. The summed E-state index contributed by atoms with van der Waals surface area (Å²) in [4.78, 5) is 27.8. The van der Waals surface area contributed by atoms with Crippen LogP contribution in [0.4, 0.5) is 5.69 Å². The molecular formula is C21H14N2O5S. The van der Waals surface area contributed by atoms with Crippen molar-refractivity contribution in [2.45, 2.75) is 6.61 Å². The molecule has 2 aromatic carbocycles. The number of ether oxygens (including phenoxy) is 2. The monoisotopic (exact) mass is 406 g/mol. The number of rotatable bonds is 6. The molecule has 144 valence electrons. The molecule has 0 fully saturated rings. The lowest BCUT2D eigenvalue weighted by atomic mass is 10.1. The van der Waals surface area contributed by atoms with Crippen LogP contribution in [0.5, 0.6) is 5.75 Å². The summed E-state index contributed by atoms with van der Waals surface area (Å²) < 4.78 is 11.1. The third-order valence-electron chi connectivity index (χ3n) is 4.09. The number of hydrogen-bond donors (Lipinski definition) is 0. The highest BCUT2D eigenvalue weighted by Gasteiger charge is 2.25. The Bertz CT molecular complexity index is 1120. The number of esters is 1. The molecule has 1 aromatic heterocycles. The molecular weight excluding hydrogens is 392 g/mol. The molecule has 7 nitrogen and oxygen atoms in total. The summed E-state index contributed by atoms with van der Waals surface area (Å²) in [7, 11) is 0. The van der Waals surface area contributed by atoms with Gasteiger partial charge in [0, 0.05) is 17.7 Å². The topological polar surface area (TPSA) is 91.0 Å². The summed E-state index contributed by atoms with van der Waals surface area (Å²) in [5.74, 6) is 0.00174. The number of carbonyl (C=O) groups is 1. The van der Waals surface area contributed by atoms with Crippen LogP contribution >= 0.6 is 11.3 Å². The first-order chi connectivity index (χ1) is 14.1. The van der Waals surface area contributed by atoms with Gasteiger partial charge in [0.05, 0.1) is 9.80 Å². The Labute approximate surface area is 169 Å². The molecule has 2 heterocycles. The van der Waals surface area contributed by atoms with E-state index in [4.69, 9.17) is 9.47 Å². The number of nitro benzene ring substituents is 1. The number of thiophene rings is 1. The van der Waals surface area contributed by atoms with Gasteiger partial charge in [-0.2, -0.15) is 0 Å². The van der Waals surface area contributed by atoms with Gasteiger partial charge in [-0.25, -0.2) is 9.79 Å². The van der Waals surface area contributed by atoms with Crippen molar-refractivity contribution in [2.24, 2.45) is 4.99 Å². The summed E-state index contributed by atoms with van der Waals surface area (Å²) in [5.41, 5.74) is 1.26. The van der Waals surface area contributed by atoms with Crippen LogP contribution in [-0.2, 0) is 16.1 Å². The van der Waals surface area contributed by atoms with Gasteiger partial charge in [-0.05, 0) is 29.2 Å². The van der Waals surface area contributed by atoms with Crippen molar-refractivity contribution in [1.29, 1.82) is 0 Å². The molecule has 4 rings (SSSR count). The number of nitrogens with zero attached hydrogens (tertiary/aromatic N) is 2. The third kappa shape index (κ3) is 4.22. The number of benzene rings is 2. The number of hydrogen-bond acceptors (Lipinski definition) is 7. The van der Waals surface area contributed by atoms with Crippen LogP contribution in [0.2, 0.25) is 0 Å².